The molecule has 54 heavy (non-hydrogen) atoms. The van der Waals surface area contributed by atoms with Crippen molar-refractivity contribution in [2.75, 3.05) is 38.2 Å². The number of carbonyl (C=O) groups excluding carboxylic acids is 3. The largest absolute Gasteiger partial charge is 0.490 e. The molecule has 6 aliphatic rings. The number of nitrogens with one attached hydrogen (secondary N) is 3. The Bertz CT molecular complexity index is 1930. The normalized spacial score (nSPS) is 28.8. The van der Waals surface area contributed by atoms with Crippen LogP contribution in [0.4, 0.5) is 9.93 Å². The number of carbonyl (C=O) groups is 3. The van der Waals surface area contributed by atoms with E-state index in [1.807, 2.05) is 46.1 Å². The SMILES string of the molecule is CC(C)Nc1nc(-c2cc(OC3C[C@@H](C(N)=O)N(C(=O)[C@@H](NC(=O)O[C@H]4C[C@H]5C6C4[C@H]65)C(C)(C)C)C3)c3ccc(OC[C@@H]4COCCN4)c(Cl)c3n2)cs1. The molecule has 2 aromatic heterocycles. The van der Waals surface area contributed by atoms with Crippen molar-refractivity contribution < 1.29 is 33.3 Å². The number of ether oxygens (including phenoxy) is 4. The number of halogens is 1. The lowest BCUT2D eigenvalue weighted by Gasteiger charge is -2.35. The van der Waals surface area contributed by atoms with E-state index in [2.05, 4.69) is 16.0 Å². The summed E-state index contributed by atoms with van der Waals surface area (Å²) in [6.45, 7) is 12.0. The molecule has 14 nitrogen and oxygen atoms in total. The highest BCUT2D eigenvalue weighted by atomic mass is 35.5. The number of nitrogens with two attached hydrogens (primary N) is 1. The van der Waals surface area contributed by atoms with Crippen LogP contribution in [0.2, 0.25) is 5.02 Å². The van der Waals surface area contributed by atoms with Gasteiger partial charge in [0, 0.05) is 41.8 Å². The van der Waals surface area contributed by atoms with Gasteiger partial charge in [-0.2, -0.15) is 0 Å². The van der Waals surface area contributed by atoms with Gasteiger partial charge in [0.2, 0.25) is 11.8 Å². The Hall–Kier alpha value is -3.92. The van der Waals surface area contributed by atoms with E-state index in [4.69, 9.17) is 46.3 Å². The first-order valence-corrected chi connectivity index (χ1v) is 20.1. The molecule has 2 aliphatic heterocycles. The van der Waals surface area contributed by atoms with Gasteiger partial charge in [-0.3, -0.25) is 9.59 Å². The average molecular weight is 782 g/mol. The number of morpholine rings is 1. The molecule has 9 rings (SSSR count). The molecule has 4 heterocycles. The number of anilines is 1. The number of benzene rings is 1. The third-order valence-electron chi connectivity index (χ3n) is 11.2. The Morgan fingerprint density at radius 1 is 1.13 bits per heavy atom. The molecule has 3 unspecified atom stereocenters. The van der Waals surface area contributed by atoms with Crippen molar-refractivity contribution in [2.45, 2.75) is 83.8 Å². The highest BCUT2D eigenvalue weighted by Gasteiger charge is 2.81. The molecule has 6 fully saturated rings. The molecule has 5 N–H and O–H groups in total. The van der Waals surface area contributed by atoms with E-state index in [0.29, 0.717) is 70.5 Å². The first kappa shape index (κ1) is 37.0. The third kappa shape index (κ3) is 7.27. The molecule has 4 saturated carbocycles. The Morgan fingerprint density at radius 3 is 2.59 bits per heavy atom. The Labute approximate surface area is 323 Å². The summed E-state index contributed by atoms with van der Waals surface area (Å²) in [5.74, 6) is 2.45. The van der Waals surface area contributed by atoms with Crippen molar-refractivity contribution in [2.24, 2.45) is 34.8 Å². The van der Waals surface area contributed by atoms with Gasteiger partial charge in [0.25, 0.3) is 0 Å². The molecule has 16 heteroatoms. The number of amides is 3. The number of nitrogens with zero attached hydrogens (tertiary/aromatic N) is 3. The molecular weight excluding hydrogens is 734 g/mol. The van der Waals surface area contributed by atoms with Gasteiger partial charge >= 0.3 is 6.09 Å². The van der Waals surface area contributed by atoms with E-state index in [-0.39, 0.29) is 31.2 Å². The van der Waals surface area contributed by atoms with Gasteiger partial charge < -0.3 is 45.5 Å². The number of rotatable bonds is 12. The van der Waals surface area contributed by atoms with Crippen LogP contribution in [0.1, 0.15) is 47.5 Å². The number of thiazole rings is 1. The van der Waals surface area contributed by atoms with Crippen LogP contribution in [0.15, 0.2) is 23.6 Å². The summed E-state index contributed by atoms with van der Waals surface area (Å²) < 4.78 is 24.2. The van der Waals surface area contributed by atoms with Gasteiger partial charge in [-0.15, -0.1) is 11.3 Å². The van der Waals surface area contributed by atoms with Crippen molar-refractivity contribution in [3.63, 3.8) is 0 Å². The maximum Gasteiger partial charge on any atom is 0.408 e. The second-order valence-corrected chi connectivity index (χ2v) is 17.8. The van der Waals surface area contributed by atoms with Crippen molar-refractivity contribution in [3.05, 3.63) is 28.6 Å². The van der Waals surface area contributed by atoms with E-state index in [0.717, 1.165) is 29.9 Å². The van der Waals surface area contributed by atoms with Crippen LogP contribution in [-0.4, -0.2) is 102 Å². The fourth-order valence-electron chi connectivity index (χ4n) is 8.45. The zero-order chi connectivity index (χ0) is 38.1. The zero-order valence-corrected chi connectivity index (χ0v) is 32.7. The van der Waals surface area contributed by atoms with Crippen LogP contribution >= 0.6 is 22.9 Å². The van der Waals surface area contributed by atoms with Crippen molar-refractivity contribution >= 4 is 56.9 Å². The summed E-state index contributed by atoms with van der Waals surface area (Å²) in [7, 11) is 0. The minimum absolute atomic E-state index is 0.0224. The first-order chi connectivity index (χ1) is 25.8. The number of pyridine rings is 1. The van der Waals surface area contributed by atoms with Crippen LogP contribution in [0.5, 0.6) is 11.5 Å². The highest BCUT2D eigenvalue weighted by Crippen LogP contribution is 2.82. The summed E-state index contributed by atoms with van der Waals surface area (Å²) in [6, 6.07) is 3.71. The molecule has 0 spiro atoms. The lowest BCUT2D eigenvalue weighted by atomic mass is 9.85. The Balaban J connectivity index is 1.05. The Morgan fingerprint density at radius 2 is 1.93 bits per heavy atom. The fourth-order valence-corrected chi connectivity index (χ4v) is 9.56. The minimum atomic E-state index is -0.964. The maximum absolute atomic E-state index is 14.3. The summed E-state index contributed by atoms with van der Waals surface area (Å²) in [5, 5.41) is 13.1. The van der Waals surface area contributed by atoms with Gasteiger partial charge in [-0.1, -0.05) is 32.4 Å². The number of hydrogen-bond acceptors (Lipinski definition) is 12. The van der Waals surface area contributed by atoms with Crippen molar-refractivity contribution in [1.82, 2.24) is 25.5 Å². The second kappa shape index (κ2) is 14.3. The standard InChI is InChI=1S/C38H48ClN7O7S/c1-17(2)42-36-44-23(16-54-36)22-12-26(20-6-7-25(31(39)32(20)43-22)51-15-18-14-50-9-8-41-18)52-19-10-24(34(40)47)46(13-19)35(48)33(38(3,4)5)45-37(49)53-27-11-21-28-29(21)30(27)28/h6-7,12,16-19,21,24,27-30,33,41H,8-11,13-15H2,1-5H3,(H2,40,47)(H,42,44)(H,45,49)/t18-,19?,21-,24-,27-,28?,29-,30?,33+/m0/s1. The fraction of sp³-hybridized carbons (Fsp3) is 0.605. The van der Waals surface area contributed by atoms with E-state index in [9.17, 15) is 14.4 Å². The Kier molecular flexibility index (Phi) is 9.80. The monoisotopic (exact) mass is 781 g/mol. The molecule has 3 aromatic rings. The van der Waals surface area contributed by atoms with Gasteiger partial charge in [0.05, 0.1) is 37.0 Å². The number of fused-ring (bicyclic) bond motifs is 2. The van der Waals surface area contributed by atoms with Gasteiger partial charge in [0.15, 0.2) is 5.13 Å². The summed E-state index contributed by atoms with van der Waals surface area (Å²) in [5.41, 5.74) is 6.82. The molecule has 1 aromatic carbocycles. The average Bonchev–Trinajstić information content (AvgIpc) is 3.64. The zero-order valence-electron chi connectivity index (χ0n) is 31.1. The maximum atomic E-state index is 14.3. The molecule has 2 bridgehead atoms. The van der Waals surface area contributed by atoms with E-state index in [1.54, 1.807) is 12.1 Å². The predicted molar refractivity (Wildman–Crippen MR) is 204 cm³/mol. The van der Waals surface area contributed by atoms with Crippen LogP contribution < -0.4 is 31.2 Å². The molecular formula is C38H48ClN7O7S. The lowest BCUT2D eigenvalue weighted by Crippen LogP contribution is -2.57. The lowest BCUT2D eigenvalue weighted by molar-refractivity contribution is -0.141. The van der Waals surface area contributed by atoms with Crippen LogP contribution in [-0.2, 0) is 19.1 Å². The van der Waals surface area contributed by atoms with Crippen molar-refractivity contribution in [3.8, 4) is 22.9 Å². The molecule has 4 aliphatic carbocycles. The van der Waals surface area contributed by atoms with E-state index < -0.39 is 41.5 Å². The third-order valence-corrected chi connectivity index (χ3v) is 12.4. The van der Waals surface area contributed by atoms with Gasteiger partial charge in [-0.25, -0.2) is 14.8 Å². The summed E-state index contributed by atoms with van der Waals surface area (Å²) >= 11 is 8.47. The first-order valence-electron chi connectivity index (χ1n) is 18.8. The van der Waals surface area contributed by atoms with E-state index in [1.165, 1.54) is 16.2 Å². The van der Waals surface area contributed by atoms with Crippen LogP contribution in [0, 0.1) is 29.1 Å². The molecule has 9 atom stereocenters. The topological polar surface area (TPSA) is 179 Å². The van der Waals surface area contributed by atoms with Gasteiger partial charge in [0.1, 0.15) is 53.1 Å². The molecule has 2 saturated heterocycles. The number of hydrogen-bond donors (Lipinski definition) is 4. The van der Waals surface area contributed by atoms with Crippen molar-refractivity contribution in [1.29, 1.82) is 0 Å². The van der Waals surface area contributed by atoms with Crippen LogP contribution in [0.3, 0.4) is 0 Å². The van der Waals surface area contributed by atoms with E-state index >= 15 is 0 Å². The van der Waals surface area contributed by atoms with Gasteiger partial charge in [-0.05, 0) is 55.6 Å². The minimum Gasteiger partial charge on any atom is -0.490 e. The smallest absolute Gasteiger partial charge is 0.408 e. The second-order valence-electron chi connectivity index (χ2n) is 16.6. The number of aromatic nitrogens is 2. The number of primary amides is 1. The number of likely N-dealkylation sites (tertiary alicyclic amines) is 1. The van der Waals surface area contributed by atoms with Crippen LogP contribution in [0.25, 0.3) is 22.3 Å². The molecule has 290 valence electrons. The summed E-state index contributed by atoms with van der Waals surface area (Å²) in [4.78, 5) is 51.4. The predicted octanol–water partition coefficient (Wildman–Crippen LogP) is 4.44. The summed E-state index contributed by atoms with van der Waals surface area (Å²) in [6.07, 6.45) is -0.277. The highest BCUT2D eigenvalue weighted by molar-refractivity contribution is 7.14. The number of alkyl carbamates (subject to hydrolysis) is 1. The quantitative estimate of drug-likeness (QED) is 0.204. The molecule has 0 radical (unpaired) electrons. The molecule has 3 amide bonds.